The smallest absolute Gasteiger partial charge is 0.0619 e. The van der Waals surface area contributed by atoms with E-state index in [1.54, 1.807) is 0 Å². The average Bonchev–Trinajstić information content (AvgIpc) is 3.76. The molecule has 1 spiro atoms. The van der Waals surface area contributed by atoms with Crippen LogP contribution in [-0.4, -0.2) is 0 Å². The van der Waals surface area contributed by atoms with Crippen molar-refractivity contribution in [3.63, 3.8) is 0 Å². The standard InChI is InChI=1S/C57H34/c1-2-15-37-31-39(26-25-35(37)13-1)48-32-40-27-28-41(54-43-18-6-4-16-38(43)33-50-42-17-5-3-14-36(42)29-30-46(50)54)34-49(40)56-55(48)47-21-9-12-24-53(47)57(56)51-22-10-7-19-44(51)45-20-8-11-23-52(45)57/h1-34H. The third-order valence-electron chi connectivity index (χ3n) is 13.2. The maximum Gasteiger partial charge on any atom is 0.0731 e. The Bertz CT molecular complexity index is 3480. The summed E-state index contributed by atoms with van der Waals surface area (Å²) in [7, 11) is 0. The molecule has 0 atom stereocenters. The predicted octanol–water partition coefficient (Wildman–Crippen LogP) is 15.1. The molecule has 0 nitrogen and oxygen atoms in total. The van der Waals surface area contributed by atoms with Crippen LogP contribution in [0.25, 0.3) is 98.4 Å². The molecule has 0 saturated carbocycles. The molecule has 2 aliphatic carbocycles. The van der Waals surface area contributed by atoms with Gasteiger partial charge in [0.25, 0.3) is 0 Å². The predicted molar refractivity (Wildman–Crippen MR) is 241 cm³/mol. The molecule has 0 aromatic heterocycles. The van der Waals surface area contributed by atoms with Crippen molar-refractivity contribution >= 4 is 53.9 Å². The van der Waals surface area contributed by atoms with E-state index in [0.29, 0.717) is 0 Å². The van der Waals surface area contributed by atoms with Crippen molar-refractivity contribution in [3.8, 4) is 44.5 Å². The quantitative estimate of drug-likeness (QED) is 0.123. The van der Waals surface area contributed by atoms with Gasteiger partial charge in [-0.25, -0.2) is 0 Å². The number of benzene rings is 11. The third-order valence-corrected chi connectivity index (χ3v) is 13.2. The molecule has 0 amide bonds. The van der Waals surface area contributed by atoms with Crippen LogP contribution in [0.2, 0.25) is 0 Å². The van der Waals surface area contributed by atoms with Gasteiger partial charge in [0, 0.05) is 0 Å². The van der Waals surface area contributed by atoms with E-state index >= 15 is 0 Å². The monoisotopic (exact) mass is 718 g/mol. The zero-order valence-corrected chi connectivity index (χ0v) is 31.1. The van der Waals surface area contributed by atoms with Crippen molar-refractivity contribution in [1.82, 2.24) is 0 Å². The van der Waals surface area contributed by atoms with Gasteiger partial charge in [0.1, 0.15) is 0 Å². The highest BCUT2D eigenvalue weighted by atomic mass is 14.5. The molecule has 0 N–H and O–H groups in total. The minimum atomic E-state index is -0.486. The van der Waals surface area contributed by atoms with E-state index in [1.807, 2.05) is 0 Å². The van der Waals surface area contributed by atoms with Crippen LogP contribution in [0.15, 0.2) is 206 Å². The fourth-order valence-electron chi connectivity index (χ4n) is 10.9. The lowest BCUT2D eigenvalue weighted by atomic mass is 9.69. The number of hydrogen-bond acceptors (Lipinski definition) is 0. The molecule has 0 heteroatoms. The topological polar surface area (TPSA) is 0 Å². The van der Waals surface area contributed by atoms with Crippen molar-refractivity contribution in [2.24, 2.45) is 0 Å². The molecule has 11 aromatic rings. The zero-order valence-electron chi connectivity index (χ0n) is 31.1. The van der Waals surface area contributed by atoms with Crippen molar-refractivity contribution in [3.05, 3.63) is 229 Å². The summed E-state index contributed by atoms with van der Waals surface area (Å²) in [5.41, 5.74) is 15.3. The summed E-state index contributed by atoms with van der Waals surface area (Å²) in [5.74, 6) is 0. The zero-order chi connectivity index (χ0) is 37.2. The second-order valence-electron chi connectivity index (χ2n) is 15.9. The van der Waals surface area contributed by atoms with Crippen LogP contribution in [0.1, 0.15) is 22.3 Å². The number of fused-ring (bicyclic) bond motifs is 17. The van der Waals surface area contributed by atoms with Crippen molar-refractivity contribution in [2.45, 2.75) is 5.41 Å². The van der Waals surface area contributed by atoms with Crippen LogP contribution in [0.5, 0.6) is 0 Å². The molecule has 11 aromatic carbocycles. The average molecular weight is 719 g/mol. The summed E-state index contributed by atoms with van der Waals surface area (Å²) in [6.45, 7) is 0. The normalized spacial score (nSPS) is 13.4. The molecule has 0 radical (unpaired) electrons. The highest BCUT2D eigenvalue weighted by molar-refractivity contribution is 6.21. The lowest BCUT2D eigenvalue weighted by Gasteiger charge is -2.32. The van der Waals surface area contributed by atoms with Crippen LogP contribution in [0, 0.1) is 0 Å². The molecule has 0 fully saturated rings. The largest absolute Gasteiger partial charge is 0.0731 e. The Morgan fingerprint density at radius 1 is 0.246 bits per heavy atom. The molecule has 57 heavy (non-hydrogen) atoms. The summed E-state index contributed by atoms with van der Waals surface area (Å²) in [5, 5.41) is 12.7. The Morgan fingerprint density at radius 2 is 0.789 bits per heavy atom. The molecule has 13 rings (SSSR count). The van der Waals surface area contributed by atoms with Gasteiger partial charge in [-0.2, -0.15) is 0 Å². The first-order chi connectivity index (χ1) is 28.3. The fourth-order valence-corrected chi connectivity index (χ4v) is 10.9. The number of hydrogen-bond donors (Lipinski definition) is 0. The maximum absolute atomic E-state index is 2.53. The molecular weight excluding hydrogens is 685 g/mol. The molecule has 0 unspecified atom stereocenters. The first kappa shape index (κ1) is 31.0. The van der Waals surface area contributed by atoms with E-state index < -0.39 is 5.41 Å². The molecule has 0 saturated heterocycles. The maximum atomic E-state index is 2.53. The first-order valence-corrected chi connectivity index (χ1v) is 20.0. The van der Waals surface area contributed by atoms with Crippen LogP contribution >= 0.6 is 0 Å². The molecule has 262 valence electrons. The van der Waals surface area contributed by atoms with Crippen LogP contribution in [0.3, 0.4) is 0 Å². The van der Waals surface area contributed by atoms with Crippen molar-refractivity contribution in [1.29, 1.82) is 0 Å². The van der Waals surface area contributed by atoms with Crippen LogP contribution in [-0.2, 0) is 5.41 Å². The highest BCUT2D eigenvalue weighted by Gasteiger charge is 2.53. The van der Waals surface area contributed by atoms with E-state index in [9.17, 15) is 0 Å². The number of rotatable bonds is 2. The van der Waals surface area contributed by atoms with Gasteiger partial charge in [0.05, 0.1) is 5.41 Å². The first-order valence-electron chi connectivity index (χ1n) is 20.0. The molecule has 0 aliphatic heterocycles. The van der Waals surface area contributed by atoms with Gasteiger partial charge in [-0.15, -0.1) is 0 Å². The Hall–Kier alpha value is -7.28. The van der Waals surface area contributed by atoms with Gasteiger partial charge in [-0.1, -0.05) is 182 Å². The Labute approximate surface area is 330 Å². The highest BCUT2D eigenvalue weighted by Crippen LogP contribution is 2.65. The van der Waals surface area contributed by atoms with E-state index in [4.69, 9.17) is 0 Å². The van der Waals surface area contributed by atoms with Gasteiger partial charge >= 0.3 is 0 Å². The van der Waals surface area contributed by atoms with E-state index in [1.165, 1.54) is 121 Å². The third kappa shape index (κ3) is 4.07. The fraction of sp³-hybridized carbons (Fsp3) is 0.0175. The summed E-state index contributed by atoms with van der Waals surface area (Å²) >= 11 is 0. The van der Waals surface area contributed by atoms with E-state index in [0.717, 1.165) is 0 Å². The van der Waals surface area contributed by atoms with E-state index in [2.05, 4.69) is 206 Å². The second-order valence-corrected chi connectivity index (χ2v) is 15.9. The Morgan fingerprint density at radius 3 is 1.56 bits per heavy atom. The molecule has 0 bridgehead atoms. The summed E-state index contributed by atoms with van der Waals surface area (Å²) in [4.78, 5) is 0. The molecular formula is C57H34. The Balaban J connectivity index is 1.21. The van der Waals surface area contributed by atoms with E-state index in [-0.39, 0.29) is 0 Å². The summed E-state index contributed by atoms with van der Waals surface area (Å²) in [6.07, 6.45) is 0. The van der Waals surface area contributed by atoms with Gasteiger partial charge in [-0.05, 0) is 145 Å². The lowest BCUT2D eigenvalue weighted by Crippen LogP contribution is -2.26. The molecule has 0 heterocycles. The minimum absolute atomic E-state index is 0.486. The SMILES string of the molecule is c1ccc2c(c1)-c1ccccc1C21c2ccccc2-c2c(-c3ccc4ccccc4c3)cc3ccc(-c4c5ccccc5cc5c4ccc4ccccc45)cc3c21. The van der Waals surface area contributed by atoms with Crippen LogP contribution < -0.4 is 0 Å². The van der Waals surface area contributed by atoms with Gasteiger partial charge in [0.2, 0.25) is 0 Å². The van der Waals surface area contributed by atoms with Gasteiger partial charge in [-0.3, -0.25) is 0 Å². The lowest BCUT2D eigenvalue weighted by molar-refractivity contribution is 0.801. The summed E-state index contributed by atoms with van der Waals surface area (Å²) < 4.78 is 0. The van der Waals surface area contributed by atoms with Gasteiger partial charge < -0.3 is 0 Å². The minimum Gasteiger partial charge on any atom is -0.0619 e. The van der Waals surface area contributed by atoms with Crippen molar-refractivity contribution in [2.75, 3.05) is 0 Å². The molecule has 2 aliphatic rings. The van der Waals surface area contributed by atoms with Crippen molar-refractivity contribution < 1.29 is 0 Å². The van der Waals surface area contributed by atoms with Gasteiger partial charge in [0.15, 0.2) is 0 Å². The summed E-state index contributed by atoms with van der Waals surface area (Å²) in [6, 6.07) is 77.8. The second kappa shape index (κ2) is 11.4. The Kier molecular flexibility index (Phi) is 6.19. The van der Waals surface area contributed by atoms with Crippen LogP contribution in [0.4, 0.5) is 0 Å².